The maximum Gasteiger partial charge on any atom is 0.313 e. The number of esters is 1. The Kier molecular flexibility index (Phi) is 7.32. The van der Waals surface area contributed by atoms with Crippen molar-refractivity contribution in [2.75, 3.05) is 7.11 Å². The number of sulfone groups is 1. The predicted molar refractivity (Wildman–Crippen MR) is 135 cm³/mol. The van der Waals surface area contributed by atoms with Crippen LogP contribution in [0, 0.1) is 0 Å². The van der Waals surface area contributed by atoms with Crippen LogP contribution in [0.3, 0.4) is 0 Å². The zero-order chi connectivity index (χ0) is 24.8. The summed E-state index contributed by atoms with van der Waals surface area (Å²) in [6.07, 6.45) is 0. The molecule has 178 valence electrons. The van der Waals surface area contributed by atoms with Gasteiger partial charge in [-0.3, -0.25) is 4.79 Å². The van der Waals surface area contributed by atoms with E-state index in [1.807, 2.05) is 54.6 Å². The van der Waals surface area contributed by atoms with E-state index in [4.69, 9.17) is 9.47 Å². The van der Waals surface area contributed by atoms with Crippen molar-refractivity contribution >= 4 is 15.8 Å². The second-order valence-electron chi connectivity index (χ2n) is 8.11. The molecule has 0 N–H and O–H groups in total. The average Bonchev–Trinajstić information content (AvgIpc) is 2.92. The van der Waals surface area contributed by atoms with Gasteiger partial charge in [-0.15, -0.1) is 0 Å². The number of hydrogen-bond acceptors (Lipinski definition) is 5. The Labute approximate surface area is 205 Å². The third-order valence-corrected chi connectivity index (χ3v) is 7.68. The van der Waals surface area contributed by atoms with Gasteiger partial charge in [0.05, 0.1) is 22.8 Å². The van der Waals surface area contributed by atoms with Crippen molar-refractivity contribution in [3.05, 3.63) is 114 Å². The van der Waals surface area contributed by atoms with Crippen LogP contribution < -0.4 is 4.74 Å². The third kappa shape index (κ3) is 5.44. The molecule has 0 aliphatic heterocycles. The van der Waals surface area contributed by atoms with E-state index < -0.39 is 21.7 Å². The van der Waals surface area contributed by atoms with Crippen molar-refractivity contribution < 1.29 is 22.7 Å². The minimum Gasteiger partial charge on any atom is -0.497 e. The Bertz CT molecular complexity index is 1390. The van der Waals surface area contributed by atoms with E-state index in [0.717, 1.165) is 22.4 Å². The molecule has 1 unspecified atom stereocenters. The lowest BCUT2D eigenvalue weighted by Crippen LogP contribution is -2.16. The lowest BCUT2D eigenvalue weighted by atomic mass is 10.0. The Morgan fingerprint density at radius 1 is 0.771 bits per heavy atom. The number of ether oxygens (including phenoxy) is 2. The summed E-state index contributed by atoms with van der Waals surface area (Å²) in [5.41, 5.74) is 3.11. The van der Waals surface area contributed by atoms with Gasteiger partial charge in [-0.25, -0.2) is 8.42 Å². The topological polar surface area (TPSA) is 69.7 Å². The highest BCUT2D eigenvalue weighted by Gasteiger charge is 2.27. The lowest BCUT2D eigenvalue weighted by molar-refractivity contribution is -0.146. The molecule has 4 aromatic rings. The lowest BCUT2D eigenvalue weighted by Gasteiger charge is -2.16. The van der Waals surface area contributed by atoms with Gasteiger partial charge >= 0.3 is 5.97 Å². The van der Waals surface area contributed by atoms with Crippen LogP contribution in [0.15, 0.2) is 113 Å². The van der Waals surface area contributed by atoms with Crippen molar-refractivity contribution in [3.63, 3.8) is 0 Å². The van der Waals surface area contributed by atoms with Gasteiger partial charge < -0.3 is 9.47 Å². The molecule has 0 heterocycles. The van der Waals surface area contributed by atoms with Crippen LogP contribution in [-0.2, 0) is 26.0 Å². The first-order valence-electron chi connectivity index (χ1n) is 11.2. The van der Waals surface area contributed by atoms with E-state index in [-0.39, 0.29) is 16.4 Å². The highest BCUT2D eigenvalue weighted by molar-refractivity contribution is 7.91. The second-order valence-corrected chi connectivity index (χ2v) is 10.0. The minimum atomic E-state index is -3.85. The van der Waals surface area contributed by atoms with Gasteiger partial charge in [0.2, 0.25) is 9.84 Å². The summed E-state index contributed by atoms with van der Waals surface area (Å²) in [5, 5.41) is 0. The highest BCUT2D eigenvalue weighted by Crippen LogP contribution is 2.31. The maximum absolute atomic E-state index is 13.5. The van der Waals surface area contributed by atoms with Crippen LogP contribution in [0.5, 0.6) is 5.75 Å². The van der Waals surface area contributed by atoms with Crippen LogP contribution in [0.4, 0.5) is 0 Å². The monoisotopic (exact) mass is 486 g/mol. The summed E-state index contributed by atoms with van der Waals surface area (Å²) in [6, 6.07) is 30.2. The molecule has 1 atom stereocenters. The molecule has 0 spiro atoms. The summed E-state index contributed by atoms with van der Waals surface area (Å²) in [4.78, 5) is 13.0. The summed E-state index contributed by atoms with van der Waals surface area (Å²) in [6.45, 7) is 1.79. The van der Waals surface area contributed by atoms with Crippen LogP contribution >= 0.6 is 0 Å². The Hall–Kier alpha value is -3.90. The molecule has 4 rings (SSSR count). The standard InChI is InChI=1S/C29H26O5S/c1-21(29(30)34-20-22-8-4-3-5-9-22)27-10-6-7-11-28(27)35(31,32)26-18-14-24(15-19-26)23-12-16-25(33-2)17-13-23/h3-19,21H,20H2,1-2H3. The summed E-state index contributed by atoms with van der Waals surface area (Å²) in [7, 11) is -2.25. The average molecular weight is 487 g/mol. The van der Waals surface area contributed by atoms with Gasteiger partial charge in [-0.05, 0) is 59.5 Å². The van der Waals surface area contributed by atoms with Gasteiger partial charge in [0.25, 0.3) is 0 Å². The molecular weight excluding hydrogens is 460 g/mol. The molecule has 0 radical (unpaired) electrons. The second kappa shape index (κ2) is 10.6. The number of methoxy groups -OCH3 is 1. The summed E-state index contributed by atoms with van der Waals surface area (Å²) in [5.74, 6) is -0.476. The fourth-order valence-corrected chi connectivity index (χ4v) is 5.36. The van der Waals surface area contributed by atoms with E-state index in [2.05, 4.69) is 0 Å². The molecule has 35 heavy (non-hydrogen) atoms. The largest absolute Gasteiger partial charge is 0.497 e. The molecule has 0 fully saturated rings. The van der Waals surface area contributed by atoms with E-state index >= 15 is 0 Å². The number of rotatable bonds is 8. The number of carbonyl (C=O) groups excluding carboxylic acids is 1. The highest BCUT2D eigenvalue weighted by atomic mass is 32.2. The smallest absolute Gasteiger partial charge is 0.313 e. The molecule has 0 aliphatic rings. The van der Waals surface area contributed by atoms with Gasteiger partial charge in [0, 0.05) is 0 Å². The molecule has 0 aliphatic carbocycles. The van der Waals surface area contributed by atoms with Crippen LogP contribution in [0.25, 0.3) is 11.1 Å². The first kappa shape index (κ1) is 24.2. The molecule has 0 amide bonds. The Morgan fingerprint density at radius 3 is 1.97 bits per heavy atom. The quantitative estimate of drug-likeness (QED) is 0.284. The van der Waals surface area contributed by atoms with Gasteiger partial charge in [0.1, 0.15) is 12.4 Å². The minimum absolute atomic E-state index is 0.0985. The third-order valence-electron chi connectivity index (χ3n) is 5.84. The number of carbonyl (C=O) groups is 1. The van der Waals surface area contributed by atoms with Crippen molar-refractivity contribution in [2.24, 2.45) is 0 Å². The van der Waals surface area contributed by atoms with Crippen LogP contribution in [-0.4, -0.2) is 21.5 Å². The molecule has 0 aromatic heterocycles. The molecule has 6 heteroatoms. The van der Waals surface area contributed by atoms with E-state index in [1.54, 1.807) is 56.5 Å². The fourth-order valence-electron chi connectivity index (χ4n) is 3.80. The van der Waals surface area contributed by atoms with Gasteiger partial charge in [-0.2, -0.15) is 0 Å². The molecule has 0 saturated carbocycles. The predicted octanol–water partition coefficient (Wildman–Crippen LogP) is 6.04. The molecule has 5 nitrogen and oxygen atoms in total. The van der Waals surface area contributed by atoms with Crippen LogP contribution in [0.2, 0.25) is 0 Å². The van der Waals surface area contributed by atoms with E-state index in [0.29, 0.717) is 5.56 Å². The van der Waals surface area contributed by atoms with Crippen molar-refractivity contribution in [3.8, 4) is 16.9 Å². The van der Waals surface area contributed by atoms with Gasteiger partial charge in [0.15, 0.2) is 0 Å². The Balaban J connectivity index is 1.57. The molecular formula is C29H26O5S. The van der Waals surface area contributed by atoms with E-state index in [9.17, 15) is 13.2 Å². The molecule has 0 saturated heterocycles. The fraction of sp³-hybridized carbons (Fsp3) is 0.138. The first-order chi connectivity index (χ1) is 16.9. The maximum atomic E-state index is 13.5. The van der Waals surface area contributed by atoms with Crippen molar-refractivity contribution in [1.29, 1.82) is 0 Å². The van der Waals surface area contributed by atoms with Crippen LogP contribution in [0.1, 0.15) is 24.0 Å². The van der Waals surface area contributed by atoms with Crippen molar-refractivity contribution in [1.82, 2.24) is 0 Å². The van der Waals surface area contributed by atoms with Crippen molar-refractivity contribution in [2.45, 2.75) is 29.2 Å². The molecule has 4 aromatic carbocycles. The Morgan fingerprint density at radius 2 is 1.34 bits per heavy atom. The first-order valence-corrected chi connectivity index (χ1v) is 12.7. The SMILES string of the molecule is COc1ccc(-c2ccc(S(=O)(=O)c3ccccc3C(C)C(=O)OCc3ccccc3)cc2)cc1. The zero-order valence-corrected chi connectivity index (χ0v) is 20.4. The summed E-state index contributed by atoms with van der Waals surface area (Å²) >= 11 is 0. The number of hydrogen-bond donors (Lipinski definition) is 0. The number of benzene rings is 4. The normalized spacial score (nSPS) is 12.1. The molecule has 0 bridgehead atoms. The zero-order valence-electron chi connectivity index (χ0n) is 19.5. The van der Waals surface area contributed by atoms with Gasteiger partial charge in [-0.1, -0.05) is 72.8 Å². The van der Waals surface area contributed by atoms with E-state index in [1.165, 1.54) is 6.07 Å². The summed E-state index contributed by atoms with van der Waals surface area (Å²) < 4.78 is 37.7.